The Labute approximate surface area is 355 Å². The van der Waals surface area contributed by atoms with Crippen LogP contribution < -0.4 is 10.2 Å². The first-order valence-corrected chi connectivity index (χ1v) is 20.6. The Kier molecular flexibility index (Phi) is 9.99. The molecule has 1 saturated carbocycles. The molecule has 306 valence electrons. The monoisotopic (exact) mass is 872 g/mol. The Bertz CT molecular complexity index is 2570. The molecule has 10 nitrogen and oxygen atoms in total. The summed E-state index contributed by atoms with van der Waals surface area (Å²) in [6.07, 6.45) is -2.28. The van der Waals surface area contributed by atoms with Crippen LogP contribution in [0.4, 0.5) is 19.0 Å². The molecule has 16 heteroatoms. The van der Waals surface area contributed by atoms with Crippen LogP contribution in [-0.2, 0) is 43.9 Å². The maximum Gasteiger partial charge on any atom is 0.417 e. The SMILES string of the molecule is O=C1[C@H]2[C@H](CC=C3[C@H]2C[C@H]2C(=O)N(Nc4ncc(C(F)(F)F)cc4Cl)C(=O)[C@@]2(c2ccc(Cl)cc2)[C@H]3c2ccc(OCc3ccccc3)cc2O)C(=O)N1Cc1cccs1. The van der Waals surface area contributed by atoms with E-state index in [1.807, 2.05) is 53.9 Å². The molecule has 2 aliphatic heterocycles. The minimum atomic E-state index is -4.76. The summed E-state index contributed by atoms with van der Waals surface area (Å²) in [6, 6.07) is 24.8. The number of benzene rings is 3. The maximum absolute atomic E-state index is 15.5. The van der Waals surface area contributed by atoms with Crippen LogP contribution in [0.25, 0.3) is 0 Å². The van der Waals surface area contributed by atoms with Crippen molar-refractivity contribution < 1.29 is 42.2 Å². The van der Waals surface area contributed by atoms with Crippen LogP contribution in [0.15, 0.2) is 114 Å². The number of pyridine rings is 1. The number of hydrogen-bond donors (Lipinski definition) is 2. The first-order valence-electron chi connectivity index (χ1n) is 19.0. The predicted molar refractivity (Wildman–Crippen MR) is 216 cm³/mol. The first kappa shape index (κ1) is 39.7. The number of phenols is 1. The maximum atomic E-state index is 15.5. The second-order valence-electron chi connectivity index (χ2n) is 15.3. The zero-order valence-electron chi connectivity index (χ0n) is 31.2. The molecule has 5 aromatic rings. The minimum absolute atomic E-state index is 0.0616. The number of nitrogens with one attached hydrogen (secondary N) is 1. The summed E-state index contributed by atoms with van der Waals surface area (Å²) in [5.74, 6) is -7.30. The normalized spacial score (nSPS) is 24.9. The van der Waals surface area contributed by atoms with Gasteiger partial charge in [-0.05, 0) is 65.6 Å². The number of amides is 4. The third-order valence-corrected chi connectivity index (χ3v) is 13.5. The van der Waals surface area contributed by atoms with E-state index in [1.165, 1.54) is 22.3 Å². The number of thiophene rings is 1. The number of imide groups is 2. The van der Waals surface area contributed by atoms with E-state index in [-0.39, 0.29) is 49.0 Å². The van der Waals surface area contributed by atoms with Crippen molar-refractivity contribution >= 4 is 64.0 Å². The van der Waals surface area contributed by atoms with E-state index in [0.717, 1.165) is 10.4 Å². The molecule has 0 spiro atoms. The van der Waals surface area contributed by atoms with Crippen LogP contribution in [0.2, 0.25) is 10.0 Å². The number of carbonyl (C=O) groups is 4. The largest absolute Gasteiger partial charge is 0.508 e. The van der Waals surface area contributed by atoms with E-state index in [1.54, 1.807) is 36.4 Å². The fourth-order valence-corrected chi connectivity index (χ4v) is 10.5. The number of carbonyl (C=O) groups excluding carboxylic acids is 4. The molecule has 3 aromatic carbocycles. The van der Waals surface area contributed by atoms with Crippen molar-refractivity contribution in [3.8, 4) is 11.5 Å². The number of alkyl halides is 3. The van der Waals surface area contributed by atoms with E-state index in [2.05, 4.69) is 10.4 Å². The fraction of sp³-hybridized carbons (Fsp3) is 0.250. The Balaban J connectivity index is 1.19. The molecule has 2 N–H and O–H groups in total. The molecule has 2 saturated heterocycles. The van der Waals surface area contributed by atoms with Crippen molar-refractivity contribution in [1.82, 2.24) is 14.9 Å². The zero-order chi connectivity index (χ0) is 42.1. The van der Waals surface area contributed by atoms with Gasteiger partial charge in [-0.3, -0.25) is 29.5 Å². The van der Waals surface area contributed by atoms with Gasteiger partial charge in [-0.25, -0.2) is 4.98 Å². The Hall–Kier alpha value is -5.70. The quantitative estimate of drug-likeness (QED) is 0.111. The van der Waals surface area contributed by atoms with Crippen molar-refractivity contribution in [2.45, 2.75) is 43.5 Å². The number of rotatable bonds is 9. The average molecular weight is 874 g/mol. The summed E-state index contributed by atoms with van der Waals surface area (Å²) in [5, 5.41) is 14.4. The van der Waals surface area contributed by atoms with Crippen LogP contribution in [0.3, 0.4) is 0 Å². The average Bonchev–Trinajstić information content (AvgIpc) is 3.89. The fourth-order valence-electron chi connectivity index (χ4n) is 9.50. The van der Waals surface area contributed by atoms with Crippen molar-refractivity contribution in [2.75, 3.05) is 5.43 Å². The van der Waals surface area contributed by atoms with Crippen LogP contribution in [0.5, 0.6) is 11.5 Å². The number of allylic oxidation sites excluding steroid dienone is 2. The number of fused-ring (bicyclic) bond motifs is 4. The lowest BCUT2D eigenvalue weighted by Crippen LogP contribution is -2.53. The topological polar surface area (TPSA) is 129 Å². The first-order chi connectivity index (χ1) is 28.8. The second-order valence-corrected chi connectivity index (χ2v) is 17.1. The van der Waals surface area contributed by atoms with Gasteiger partial charge in [-0.1, -0.05) is 89.4 Å². The van der Waals surface area contributed by atoms with Gasteiger partial charge in [0.15, 0.2) is 5.82 Å². The number of hydrazine groups is 1. The van der Waals surface area contributed by atoms with Gasteiger partial charge < -0.3 is 9.84 Å². The minimum Gasteiger partial charge on any atom is -0.508 e. The van der Waals surface area contributed by atoms with Gasteiger partial charge in [0.05, 0.1) is 40.3 Å². The number of aromatic nitrogens is 1. The van der Waals surface area contributed by atoms with Gasteiger partial charge in [-0.2, -0.15) is 18.2 Å². The Morgan fingerprint density at radius 1 is 0.917 bits per heavy atom. The number of anilines is 1. The highest BCUT2D eigenvalue weighted by Gasteiger charge is 2.70. The van der Waals surface area contributed by atoms with Crippen molar-refractivity contribution in [2.24, 2.45) is 23.7 Å². The van der Waals surface area contributed by atoms with E-state index in [4.69, 9.17) is 27.9 Å². The molecule has 4 heterocycles. The van der Waals surface area contributed by atoms with Crippen LogP contribution >= 0.6 is 34.5 Å². The molecule has 2 aromatic heterocycles. The van der Waals surface area contributed by atoms with Crippen LogP contribution in [0.1, 0.15) is 45.9 Å². The van der Waals surface area contributed by atoms with E-state index >= 15 is 4.79 Å². The number of phenolic OH excluding ortho intramolecular Hbond substituents is 1. The van der Waals surface area contributed by atoms with E-state index in [9.17, 15) is 32.7 Å². The van der Waals surface area contributed by atoms with Crippen molar-refractivity contribution in [1.29, 1.82) is 0 Å². The van der Waals surface area contributed by atoms with Crippen molar-refractivity contribution in [3.63, 3.8) is 0 Å². The lowest BCUT2D eigenvalue weighted by molar-refractivity contribution is -0.142. The zero-order valence-corrected chi connectivity index (χ0v) is 33.6. The van der Waals surface area contributed by atoms with E-state index in [0.29, 0.717) is 39.2 Å². The number of nitrogens with zero attached hydrogens (tertiary/aromatic N) is 3. The second kappa shape index (κ2) is 15.1. The van der Waals surface area contributed by atoms with Gasteiger partial charge in [0, 0.05) is 33.6 Å². The molecular formula is C44H33Cl2F3N4O6S. The Morgan fingerprint density at radius 3 is 2.37 bits per heavy atom. The molecule has 0 bridgehead atoms. The van der Waals surface area contributed by atoms with Gasteiger partial charge in [0.2, 0.25) is 11.8 Å². The predicted octanol–water partition coefficient (Wildman–Crippen LogP) is 8.94. The highest BCUT2D eigenvalue weighted by atomic mass is 35.5. The lowest BCUT2D eigenvalue weighted by Gasteiger charge is -2.50. The smallest absolute Gasteiger partial charge is 0.417 e. The summed E-state index contributed by atoms with van der Waals surface area (Å²) in [4.78, 5) is 64.8. The standard InChI is InChI=1S/C44H33Cl2F3N4O6S/c45-26-10-8-24(9-11-26)43-33(40(56)53(42(43)58)51-38-34(46)17-25(20-50-38)44(47,48)49)19-32-29(14-15-31-36(32)41(57)52(39(31)55)21-28-7-4-16-60-28)37(43)30-13-12-27(18-35(30)54)59-22-23-5-2-1-3-6-23/h1-14,16-18,20,31-33,36-37,54H,15,19,21-22H2,(H,50,51)/t31-,32+,33-,36-,37+,43+/m0/s1. The third-order valence-electron chi connectivity index (χ3n) is 12.1. The molecule has 2 aliphatic carbocycles. The molecule has 0 unspecified atom stereocenters. The number of likely N-dealkylation sites (tertiary alicyclic amines) is 1. The van der Waals surface area contributed by atoms with Gasteiger partial charge in [0.25, 0.3) is 11.8 Å². The number of hydrogen-bond acceptors (Lipinski definition) is 9. The number of halogens is 5. The molecule has 3 fully saturated rings. The molecule has 60 heavy (non-hydrogen) atoms. The molecule has 0 radical (unpaired) electrons. The molecular weight excluding hydrogens is 840 g/mol. The summed E-state index contributed by atoms with van der Waals surface area (Å²) >= 11 is 14.1. The van der Waals surface area contributed by atoms with Gasteiger partial charge in [0.1, 0.15) is 18.1 Å². The summed E-state index contributed by atoms with van der Waals surface area (Å²) in [7, 11) is 0. The molecule has 4 amide bonds. The Morgan fingerprint density at radius 2 is 1.68 bits per heavy atom. The summed E-state index contributed by atoms with van der Waals surface area (Å²) in [6.45, 7) is 0.287. The molecule has 4 aliphatic rings. The van der Waals surface area contributed by atoms with Gasteiger partial charge >= 0.3 is 6.18 Å². The van der Waals surface area contributed by atoms with Crippen LogP contribution in [-0.4, -0.2) is 43.6 Å². The summed E-state index contributed by atoms with van der Waals surface area (Å²) < 4.78 is 46.7. The van der Waals surface area contributed by atoms with Crippen LogP contribution in [0, 0.1) is 23.7 Å². The summed E-state index contributed by atoms with van der Waals surface area (Å²) in [5.41, 5.74) is 1.74. The number of ether oxygens (including phenoxy) is 1. The third kappa shape index (κ3) is 6.52. The lowest BCUT2D eigenvalue weighted by atomic mass is 9.49. The molecule has 6 atom stereocenters. The highest BCUT2D eigenvalue weighted by Crippen LogP contribution is 2.65. The molecule has 9 rings (SSSR count). The van der Waals surface area contributed by atoms with Crippen molar-refractivity contribution in [3.05, 3.63) is 151 Å². The number of aromatic hydroxyl groups is 1. The van der Waals surface area contributed by atoms with E-state index < -0.39 is 69.5 Å². The van der Waals surface area contributed by atoms with Gasteiger partial charge in [-0.15, -0.1) is 11.3 Å². The highest BCUT2D eigenvalue weighted by molar-refractivity contribution is 7.09.